The first-order valence-corrected chi connectivity index (χ1v) is 10.5. The molecule has 6 heteroatoms. The summed E-state index contributed by atoms with van der Waals surface area (Å²) < 4.78 is 10.7. The Morgan fingerprint density at radius 1 is 1.23 bits per heavy atom. The van der Waals surface area contributed by atoms with Gasteiger partial charge < -0.3 is 14.5 Å². The van der Waals surface area contributed by atoms with Crippen LogP contribution in [-0.4, -0.2) is 29.5 Å². The number of hydrogen-bond donors (Lipinski definition) is 1. The van der Waals surface area contributed by atoms with Crippen LogP contribution in [0.2, 0.25) is 0 Å². The predicted octanol–water partition coefficient (Wildman–Crippen LogP) is 4.55. The van der Waals surface area contributed by atoms with Crippen LogP contribution < -0.4 is 10.1 Å². The molecular formula is C24H25N3O3. The molecular weight excluding hydrogens is 378 g/mol. The zero-order valence-electron chi connectivity index (χ0n) is 17.1. The van der Waals surface area contributed by atoms with Crippen LogP contribution in [0.3, 0.4) is 0 Å². The zero-order valence-corrected chi connectivity index (χ0v) is 17.1. The van der Waals surface area contributed by atoms with Crippen molar-refractivity contribution in [2.75, 3.05) is 13.7 Å². The average Bonchev–Trinajstić information content (AvgIpc) is 3.31. The van der Waals surface area contributed by atoms with Crippen molar-refractivity contribution in [1.29, 1.82) is 0 Å². The van der Waals surface area contributed by atoms with Gasteiger partial charge in [-0.2, -0.15) is 0 Å². The Labute approximate surface area is 175 Å². The number of pyridine rings is 1. The largest absolute Gasteiger partial charge is 0.497 e. The SMILES string of the molecule is COc1cc(C2=CCC3(CC2)CC3)c2ncc(C(=O)NCCc3ncco3)cc2c1. The number of amides is 1. The number of oxazole rings is 1. The molecule has 2 aliphatic carbocycles. The van der Waals surface area contributed by atoms with Gasteiger partial charge in [-0.05, 0) is 61.3 Å². The summed E-state index contributed by atoms with van der Waals surface area (Å²) in [5, 5.41) is 3.82. The molecule has 2 aromatic heterocycles. The van der Waals surface area contributed by atoms with Gasteiger partial charge in [0.2, 0.25) is 0 Å². The standard InChI is InChI=1S/C24H25N3O3/c1-29-19-13-17-12-18(23(28)26-9-4-21-25-10-11-30-21)15-27-22(17)20(14-19)16-2-5-24(6-3-16)7-8-24/h2,10-15H,3-9H2,1H3,(H,26,28). The molecule has 1 N–H and O–H groups in total. The van der Waals surface area contributed by atoms with Gasteiger partial charge in [-0.1, -0.05) is 6.08 Å². The summed E-state index contributed by atoms with van der Waals surface area (Å²) >= 11 is 0. The number of benzene rings is 1. The van der Waals surface area contributed by atoms with Crippen molar-refractivity contribution in [3.8, 4) is 5.75 Å². The molecule has 1 fully saturated rings. The van der Waals surface area contributed by atoms with Gasteiger partial charge in [0.15, 0.2) is 5.89 Å². The van der Waals surface area contributed by atoms with E-state index in [4.69, 9.17) is 9.15 Å². The molecule has 5 rings (SSSR count). The Morgan fingerprint density at radius 2 is 2.13 bits per heavy atom. The molecule has 1 amide bonds. The first kappa shape index (κ1) is 18.9. The van der Waals surface area contributed by atoms with Gasteiger partial charge in [-0.25, -0.2) is 4.98 Å². The lowest BCUT2D eigenvalue weighted by molar-refractivity contribution is 0.0953. The van der Waals surface area contributed by atoms with Gasteiger partial charge in [0.25, 0.3) is 5.91 Å². The maximum Gasteiger partial charge on any atom is 0.252 e. The highest BCUT2D eigenvalue weighted by atomic mass is 16.5. The fourth-order valence-electron chi connectivity index (χ4n) is 4.29. The third kappa shape index (κ3) is 3.70. The van der Waals surface area contributed by atoms with Crippen LogP contribution in [-0.2, 0) is 6.42 Å². The number of rotatable bonds is 6. The fourth-order valence-corrected chi connectivity index (χ4v) is 4.29. The van der Waals surface area contributed by atoms with Crippen LogP contribution in [0.25, 0.3) is 16.5 Å². The molecule has 0 atom stereocenters. The number of carbonyl (C=O) groups is 1. The Bertz CT molecular complexity index is 1110. The smallest absolute Gasteiger partial charge is 0.252 e. The lowest BCUT2D eigenvalue weighted by atomic mass is 9.83. The van der Waals surface area contributed by atoms with E-state index in [0.29, 0.717) is 29.8 Å². The van der Waals surface area contributed by atoms with Crippen LogP contribution in [0.15, 0.2) is 47.3 Å². The molecule has 0 unspecified atom stereocenters. The first-order chi connectivity index (χ1) is 14.7. The summed E-state index contributed by atoms with van der Waals surface area (Å²) in [4.78, 5) is 21.3. The molecule has 0 saturated heterocycles. The molecule has 30 heavy (non-hydrogen) atoms. The van der Waals surface area contributed by atoms with E-state index in [2.05, 4.69) is 27.4 Å². The summed E-state index contributed by atoms with van der Waals surface area (Å²) in [6.07, 6.45) is 13.9. The van der Waals surface area contributed by atoms with Crippen LogP contribution in [0.4, 0.5) is 0 Å². The molecule has 6 nitrogen and oxygen atoms in total. The molecule has 1 aromatic carbocycles. The zero-order chi connectivity index (χ0) is 20.6. The number of ether oxygens (including phenoxy) is 1. The lowest BCUT2D eigenvalue weighted by Gasteiger charge is -2.22. The molecule has 0 bridgehead atoms. The minimum absolute atomic E-state index is 0.159. The van der Waals surface area contributed by atoms with Crippen molar-refractivity contribution in [2.24, 2.45) is 5.41 Å². The van der Waals surface area contributed by atoms with E-state index in [1.807, 2.05) is 12.1 Å². The molecule has 2 aliphatic rings. The van der Waals surface area contributed by atoms with Crippen LogP contribution in [0.1, 0.15) is 53.9 Å². The normalized spacial score (nSPS) is 17.0. The monoisotopic (exact) mass is 403 g/mol. The van der Waals surface area contributed by atoms with Crippen molar-refractivity contribution in [2.45, 2.75) is 38.5 Å². The predicted molar refractivity (Wildman–Crippen MR) is 114 cm³/mol. The third-order valence-corrected chi connectivity index (χ3v) is 6.37. The van der Waals surface area contributed by atoms with Gasteiger partial charge in [-0.15, -0.1) is 0 Å². The Hall–Kier alpha value is -3.15. The number of aromatic nitrogens is 2. The maximum atomic E-state index is 12.6. The number of nitrogens with zero attached hydrogens (tertiary/aromatic N) is 2. The fraction of sp³-hybridized carbons (Fsp3) is 0.375. The Balaban J connectivity index is 1.39. The van der Waals surface area contributed by atoms with Crippen molar-refractivity contribution in [3.05, 3.63) is 59.9 Å². The van der Waals surface area contributed by atoms with Gasteiger partial charge in [0.1, 0.15) is 12.0 Å². The van der Waals surface area contributed by atoms with Gasteiger partial charge in [-0.3, -0.25) is 9.78 Å². The highest BCUT2D eigenvalue weighted by Crippen LogP contribution is 2.56. The molecule has 2 heterocycles. The summed E-state index contributed by atoms with van der Waals surface area (Å²) in [5.41, 5.74) is 4.50. The van der Waals surface area contributed by atoms with Crippen molar-refractivity contribution >= 4 is 22.4 Å². The van der Waals surface area contributed by atoms with E-state index in [-0.39, 0.29) is 5.91 Å². The lowest BCUT2D eigenvalue weighted by Crippen LogP contribution is -2.25. The van der Waals surface area contributed by atoms with E-state index in [0.717, 1.165) is 35.1 Å². The van der Waals surface area contributed by atoms with E-state index < -0.39 is 0 Å². The molecule has 0 radical (unpaired) electrons. The molecule has 154 valence electrons. The molecule has 0 aliphatic heterocycles. The summed E-state index contributed by atoms with van der Waals surface area (Å²) in [6.45, 7) is 0.454. The molecule has 3 aromatic rings. The van der Waals surface area contributed by atoms with Crippen molar-refractivity contribution in [1.82, 2.24) is 15.3 Å². The van der Waals surface area contributed by atoms with Crippen LogP contribution in [0.5, 0.6) is 5.75 Å². The van der Waals surface area contributed by atoms with E-state index >= 15 is 0 Å². The molecule has 1 saturated carbocycles. The van der Waals surface area contributed by atoms with E-state index in [1.54, 1.807) is 19.5 Å². The Morgan fingerprint density at radius 3 is 2.83 bits per heavy atom. The van der Waals surface area contributed by atoms with E-state index in [9.17, 15) is 4.79 Å². The number of carbonyl (C=O) groups excluding carboxylic acids is 1. The number of allylic oxidation sites excluding steroid dienone is 2. The highest BCUT2D eigenvalue weighted by molar-refractivity contribution is 5.99. The second kappa shape index (κ2) is 7.59. The Kier molecular flexibility index (Phi) is 4.77. The topological polar surface area (TPSA) is 77.2 Å². The van der Waals surface area contributed by atoms with Crippen LogP contribution >= 0.6 is 0 Å². The average molecular weight is 403 g/mol. The minimum Gasteiger partial charge on any atom is -0.497 e. The second-order valence-corrected chi connectivity index (χ2v) is 8.34. The minimum atomic E-state index is -0.159. The third-order valence-electron chi connectivity index (χ3n) is 6.37. The molecule has 1 spiro atoms. The first-order valence-electron chi connectivity index (χ1n) is 10.5. The quantitative estimate of drug-likeness (QED) is 0.653. The van der Waals surface area contributed by atoms with Crippen LogP contribution in [0, 0.1) is 5.41 Å². The number of fused-ring (bicyclic) bond motifs is 1. The highest BCUT2D eigenvalue weighted by Gasteiger charge is 2.42. The van der Waals surface area contributed by atoms with Gasteiger partial charge in [0.05, 0.1) is 24.4 Å². The summed E-state index contributed by atoms with van der Waals surface area (Å²) in [6, 6.07) is 5.91. The second-order valence-electron chi connectivity index (χ2n) is 8.34. The number of nitrogens with one attached hydrogen (secondary N) is 1. The summed E-state index contributed by atoms with van der Waals surface area (Å²) in [5.74, 6) is 1.23. The van der Waals surface area contributed by atoms with Gasteiger partial charge >= 0.3 is 0 Å². The summed E-state index contributed by atoms with van der Waals surface area (Å²) in [7, 11) is 1.67. The number of methoxy groups -OCH3 is 1. The van der Waals surface area contributed by atoms with E-state index in [1.165, 1.54) is 31.1 Å². The number of hydrogen-bond acceptors (Lipinski definition) is 5. The van der Waals surface area contributed by atoms with Gasteiger partial charge in [0, 0.05) is 30.1 Å². The maximum absolute atomic E-state index is 12.6. The van der Waals surface area contributed by atoms with Crippen molar-refractivity contribution < 1.29 is 13.9 Å². The van der Waals surface area contributed by atoms with Crippen molar-refractivity contribution in [3.63, 3.8) is 0 Å².